The van der Waals surface area contributed by atoms with Gasteiger partial charge in [-0.15, -0.1) is 6.58 Å². The summed E-state index contributed by atoms with van der Waals surface area (Å²) < 4.78 is 1.41. The summed E-state index contributed by atoms with van der Waals surface area (Å²) in [4.78, 5) is 39.8. The van der Waals surface area contributed by atoms with Crippen molar-refractivity contribution in [2.24, 2.45) is 0 Å². The van der Waals surface area contributed by atoms with Crippen molar-refractivity contribution < 1.29 is 9.72 Å². The van der Waals surface area contributed by atoms with Gasteiger partial charge in [0.25, 0.3) is 11.2 Å². The molecule has 0 bridgehead atoms. The Kier molecular flexibility index (Phi) is 6.76. The summed E-state index contributed by atoms with van der Waals surface area (Å²) in [6, 6.07) is 8.57. The predicted molar refractivity (Wildman–Crippen MR) is 119 cm³/mol. The largest absolute Gasteiger partial charge is 0.324 e. The number of nitro groups is 1. The molecular weight excluding hydrogens is 451 g/mol. The number of aromatic nitrogens is 2. The second kappa shape index (κ2) is 9.29. The fourth-order valence-corrected chi connectivity index (χ4v) is 3.81. The quantitative estimate of drug-likeness (QED) is 0.181. The first-order valence-electron chi connectivity index (χ1n) is 8.47. The van der Waals surface area contributed by atoms with E-state index in [-0.39, 0.29) is 34.3 Å². The number of non-ortho nitro benzene ring substituents is 1. The Morgan fingerprint density at radius 1 is 1.30 bits per heavy atom. The molecule has 0 spiro atoms. The number of allylic oxidation sites excluding steroid dienone is 1. The van der Waals surface area contributed by atoms with Gasteiger partial charge in [0, 0.05) is 23.7 Å². The maximum absolute atomic E-state index is 12.8. The van der Waals surface area contributed by atoms with E-state index in [4.69, 9.17) is 23.2 Å². The van der Waals surface area contributed by atoms with Gasteiger partial charge in [-0.25, -0.2) is 4.98 Å². The molecule has 1 heterocycles. The highest BCUT2D eigenvalue weighted by atomic mass is 35.5. The minimum atomic E-state index is -0.579. The first-order chi connectivity index (χ1) is 14.3. The topological polar surface area (TPSA) is 107 Å². The predicted octanol–water partition coefficient (Wildman–Crippen LogP) is 4.53. The van der Waals surface area contributed by atoms with Gasteiger partial charge in [-0.05, 0) is 24.3 Å². The number of hydrogen-bond donors (Lipinski definition) is 1. The van der Waals surface area contributed by atoms with Gasteiger partial charge in [-0.1, -0.05) is 41.0 Å². The molecule has 3 rings (SSSR count). The summed E-state index contributed by atoms with van der Waals surface area (Å²) in [6.07, 6.45) is 1.56. The maximum atomic E-state index is 12.8. The van der Waals surface area contributed by atoms with Crippen molar-refractivity contribution in [1.29, 1.82) is 0 Å². The van der Waals surface area contributed by atoms with E-state index in [1.807, 2.05) is 0 Å². The molecule has 0 saturated carbocycles. The molecule has 0 atom stereocenters. The Balaban J connectivity index is 1.81. The van der Waals surface area contributed by atoms with E-state index >= 15 is 0 Å². The Hall–Kier alpha value is -2.88. The minimum Gasteiger partial charge on any atom is -0.324 e. The van der Waals surface area contributed by atoms with Gasteiger partial charge in [0.2, 0.25) is 5.91 Å². The third-order valence-corrected chi connectivity index (χ3v) is 5.49. The molecule has 0 fully saturated rings. The van der Waals surface area contributed by atoms with Gasteiger partial charge in [0.05, 0.1) is 32.3 Å². The molecule has 0 unspecified atom stereocenters. The summed E-state index contributed by atoms with van der Waals surface area (Å²) in [6.45, 7) is 3.87. The van der Waals surface area contributed by atoms with Crippen LogP contribution in [0.4, 0.5) is 11.4 Å². The molecule has 11 heteroatoms. The molecule has 1 amide bonds. The molecular formula is C19H14Cl2N4O4S. The van der Waals surface area contributed by atoms with Crippen LogP contribution in [0, 0.1) is 10.1 Å². The number of thioether (sulfide) groups is 1. The first kappa shape index (κ1) is 21.8. The lowest BCUT2D eigenvalue weighted by atomic mass is 10.2. The van der Waals surface area contributed by atoms with Crippen molar-refractivity contribution in [3.63, 3.8) is 0 Å². The second-order valence-electron chi connectivity index (χ2n) is 6.02. The lowest BCUT2D eigenvalue weighted by Gasteiger charge is -2.12. The van der Waals surface area contributed by atoms with E-state index < -0.39 is 10.8 Å². The van der Waals surface area contributed by atoms with E-state index in [0.29, 0.717) is 21.1 Å². The highest BCUT2D eigenvalue weighted by molar-refractivity contribution is 7.99. The fourth-order valence-electron chi connectivity index (χ4n) is 2.61. The van der Waals surface area contributed by atoms with Crippen LogP contribution in [0.25, 0.3) is 10.9 Å². The van der Waals surface area contributed by atoms with Crippen molar-refractivity contribution in [2.45, 2.75) is 11.7 Å². The standard InChI is InChI=1S/C19H14Cl2N4O4S/c1-2-7-24-18(27)13-8-11(20)3-5-15(13)23-19(24)30-10-17(26)22-16-6-4-12(25(28)29)9-14(16)21/h2-6,8-9H,1,7,10H2,(H,22,26). The molecule has 0 aliphatic carbocycles. The molecule has 1 aromatic heterocycles. The van der Waals surface area contributed by atoms with Crippen LogP contribution in [-0.2, 0) is 11.3 Å². The summed E-state index contributed by atoms with van der Waals surface area (Å²) in [5, 5.41) is 14.6. The zero-order valence-electron chi connectivity index (χ0n) is 15.3. The number of halogens is 2. The van der Waals surface area contributed by atoms with Crippen molar-refractivity contribution in [3.05, 3.63) is 79.6 Å². The third kappa shape index (κ3) is 4.81. The van der Waals surface area contributed by atoms with Gasteiger partial charge >= 0.3 is 0 Å². The van der Waals surface area contributed by atoms with E-state index in [0.717, 1.165) is 17.8 Å². The molecule has 0 radical (unpaired) electrons. The number of carbonyl (C=O) groups is 1. The molecule has 3 aromatic rings. The Morgan fingerprint density at radius 2 is 2.07 bits per heavy atom. The van der Waals surface area contributed by atoms with Crippen LogP contribution in [0.1, 0.15) is 0 Å². The molecule has 0 saturated heterocycles. The number of carbonyl (C=O) groups excluding carboxylic acids is 1. The highest BCUT2D eigenvalue weighted by Crippen LogP contribution is 2.27. The average Bonchev–Trinajstić information content (AvgIpc) is 2.70. The number of anilines is 1. The van der Waals surface area contributed by atoms with Gasteiger partial charge in [0.1, 0.15) is 0 Å². The highest BCUT2D eigenvalue weighted by Gasteiger charge is 2.15. The third-order valence-electron chi connectivity index (χ3n) is 3.96. The molecule has 2 aromatic carbocycles. The normalized spacial score (nSPS) is 10.7. The molecule has 30 heavy (non-hydrogen) atoms. The fraction of sp³-hybridized carbons (Fsp3) is 0.105. The number of nitro benzene ring substituents is 1. The lowest BCUT2D eigenvalue weighted by Crippen LogP contribution is -2.23. The molecule has 8 nitrogen and oxygen atoms in total. The summed E-state index contributed by atoms with van der Waals surface area (Å²) >= 11 is 13.0. The zero-order valence-corrected chi connectivity index (χ0v) is 17.6. The molecule has 0 aliphatic heterocycles. The molecule has 1 N–H and O–H groups in total. The number of fused-ring (bicyclic) bond motifs is 1. The van der Waals surface area contributed by atoms with Crippen LogP contribution in [-0.4, -0.2) is 26.1 Å². The summed E-state index contributed by atoms with van der Waals surface area (Å²) in [5.74, 6) is -0.470. The van der Waals surface area contributed by atoms with Crippen LogP contribution in [0.3, 0.4) is 0 Å². The van der Waals surface area contributed by atoms with Crippen molar-refractivity contribution in [1.82, 2.24) is 9.55 Å². The van der Waals surface area contributed by atoms with Crippen LogP contribution >= 0.6 is 35.0 Å². The summed E-state index contributed by atoms with van der Waals surface area (Å²) in [5.41, 5.74) is 0.244. The van der Waals surface area contributed by atoms with E-state index in [9.17, 15) is 19.7 Å². The maximum Gasteiger partial charge on any atom is 0.271 e. The van der Waals surface area contributed by atoms with Gasteiger partial charge in [-0.2, -0.15) is 0 Å². The van der Waals surface area contributed by atoms with E-state index in [2.05, 4.69) is 16.9 Å². The monoisotopic (exact) mass is 464 g/mol. The number of benzene rings is 2. The van der Waals surface area contributed by atoms with Gasteiger partial charge in [0.15, 0.2) is 5.16 Å². The first-order valence-corrected chi connectivity index (χ1v) is 10.2. The number of rotatable bonds is 7. The molecule has 0 aliphatic rings. The van der Waals surface area contributed by atoms with Gasteiger partial charge in [-0.3, -0.25) is 24.3 Å². The number of amides is 1. The van der Waals surface area contributed by atoms with Crippen LogP contribution < -0.4 is 10.9 Å². The lowest BCUT2D eigenvalue weighted by molar-refractivity contribution is -0.384. The Morgan fingerprint density at radius 3 is 2.73 bits per heavy atom. The van der Waals surface area contributed by atoms with Crippen molar-refractivity contribution in [2.75, 3.05) is 11.1 Å². The zero-order chi connectivity index (χ0) is 21.8. The number of hydrogen-bond acceptors (Lipinski definition) is 6. The SMILES string of the molecule is C=CCn1c(SCC(=O)Nc2ccc([N+](=O)[O-])cc2Cl)nc2ccc(Cl)cc2c1=O. The minimum absolute atomic E-state index is 0.0480. The second-order valence-corrected chi connectivity index (χ2v) is 7.80. The van der Waals surface area contributed by atoms with Crippen molar-refractivity contribution in [3.8, 4) is 0 Å². The molecule has 154 valence electrons. The Labute approximate surface area is 184 Å². The van der Waals surface area contributed by atoms with Crippen molar-refractivity contribution >= 4 is 63.1 Å². The van der Waals surface area contributed by atoms with Crippen LogP contribution in [0.5, 0.6) is 0 Å². The summed E-state index contributed by atoms with van der Waals surface area (Å²) in [7, 11) is 0. The van der Waals surface area contributed by atoms with Crippen LogP contribution in [0.15, 0.2) is 59.0 Å². The Bertz CT molecular complexity index is 1230. The average molecular weight is 465 g/mol. The number of nitrogens with zero attached hydrogens (tertiary/aromatic N) is 3. The van der Waals surface area contributed by atoms with Crippen LogP contribution in [0.2, 0.25) is 10.0 Å². The van der Waals surface area contributed by atoms with E-state index in [1.165, 1.54) is 16.7 Å². The van der Waals surface area contributed by atoms with Gasteiger partial charge < -0.3 is 5.32 Å². The van der Waals surface area contributed by atoms with E-state index in [1.54, 1.807) is 24.3 Å². The number of nitrogens with one attached hydrogen (secondary N) is 1. The smallest absolute Gasteiger partial charge is 0.271 e.